The van der Waals surface area contributed by atoms with E-state index in [0.717, 1.165) is 124 Å². The first-order valence-electron chi connectivity index (χ1n) is 16.1. The normalized spacial score (nSPS) is 12.6. The van der Waals surface area contributed by atoms with Gasteiger partial charge in [0.15, 0.2) is 0 Å². The molecular weight excluding hydrogens is 502 g/mol. The summed E-state index contributed by atoms with van der Waals surface area (Å²) in [6.07, 6.45) is 2.36. The zero-order chi connectivity index (χ0) is 29.9. The van der Waals surface area contributed by atoms with Crippen molar-refractivity contribution in [1.82, 2.24) is 35.6 Å². The van der Waals surface area contributed by atoms with Gasteiger partial charge in [0.2, 0.25) is 0 Å². The predicted octanol–water partition coefficient (Wildman–Crippen LogP) is -1.36. The molecule has 0 saturated carbocycles. The highest BCUT2D eigenvalue weighted by Crippen LogP contribution is 2.16. The van der Waals surface area contributed by atoms with Gasteiger partial charge in [-0.05, 0) is 31.3 Å². The summed E-state index contributed by atoms with van der Waals surface area (Å²) < 4.78 is 0. The molecule has 0 radical (unpaired) electrons. The van der Waals surface area contributed by atoms with Gasteiger partial charge in [0.05, 0.1) is 0 Å². The van der Waals surface area contributed by atoms with E-state index in [2.05, 4.69) is 63.2 Å². The van der Waals surface area contributed by atoms with Crippen LogP contribution >= 0.6 is 0 Å². The largest absolute Gasteiger partial charge is 0.329 e. The second kappa shape index (κ2) is 27.4. The highest BCUT2D eigenvalue weighted by molar-refractivity contribution is 4.71. The topological polar surface area (TPSA) is 153 Å². The van der Waals surface area contributed by atoms with E-state index >= 15 is 0 Å². The van der Waals surface area contributed by atoms with E-state index in [0.29, 0.717) is 25.0 Å². The maximum atomic E-state index is 5.85. The minimum atomic E-state index is 0.364. The van der Waals surface area contributed by atoms with Gasteiger partial charge in [-0.2, -0.15) is 0 Å². The van der Waals surface area contributed by atoms with Crippen molar-refractivity contribution in [1.29, 1.82) is 0 Å². The summed E-state index contributed by atoms with van der Waals surface area (Å²) in [4.78, 5) is 10.0. The van der Waals surface area contributed by atoms with Crippen molar-refractivity contribution in [2.75, 3.05) is 144 Å². The summed E-state index contributed by atoms with van der Waals surface area (Å²) in [5.74, 6) is 0. The summed E-state index contributed by atoms with van der Waals surface area (Å²) in [7, 11) is 0. The molecule has 0 bridgehead atoms. The van der Waals surface area contributed by atoms with Gasteiger partial charge in [-0.25, -0.2) is 0 Å². The van der Waals surface area contributed by atoms with Crippen LogP contribution < -0.4 is 38.9 Å². The number of nitrogens with two attached hydrogens (primary N) is 4. The zero-order valence-electron chi connectivity index (χ0n) is 27.1. The van der Waals surface area contributed by atoms with Gasteiger partial charge in [-0.3, -0.25) is 14.7 Å². The summed E-state index contributed by atoms with van der Waals surface area (Å²) in [5, 5.41) is 10.8. The van der Waals surface area contributed by atoms with Gasteiger partial charge in [-0.15, -0.1) is 0 Å². The highest BCUT2D eigenvalue weighted by atomic mass is 15.2. The standard InChI is InChI=1S/C29H71N11/c1-5-17-37(18-8-31)21-15-36-16-23-39(22-14-35-12-7-30)26-28-40(24-13-34-11-6-29(2,3)4)27-25-38(19-9-32)20-10-33/h34-36H,5-28,30-33H2,1-4H3. The fourth-order valence-corrected chi connectivity index (χ4v) is 4.66. The third kappa shape index (κ3) is 25.3. The fourth-order valence-electron chi connectivity index (χ4n) is 4.66. The first-order valence-corrected chi connectivity index (χ1v) is 16.1. The first kappa shape index (κ1) is 39.6. The zero-order valence-corrected chi connectivity index (χ0v) is 27.1. The Morgan fingerprint density at radius 3 is 1.15 bits per heavy atom. The molecule has 0 rings (SSSR count). The van der Waals surface area contributed by atoms with Crippen LogP contribution in [-0.4, -0.2) is 164 Å². The molecule has 0 aromatic carbocycles. The number of nitrogens with zero attached hydrogens (tertiary/aromatic N) is 4. The van der Waals surface area contributed by atoms with Crippen LogP contribution in [0.3, 0.4) is 0 Å². The molecule has 0 unspecified atom stereocenters. The molecule has 0 saturated heterocycles. The van der Waals surface area contributed by atoms with Crippen molar-refractivity contribution >= 4 is 0 Å². The smallest absolute Gasteiger partial charge is 0.0110 e. The molecule has 11 N–H and O–H groups in total. The maximum absolute atomic E-state index is 5.85. The molecule has 11 heteroatoms. The molecule has 0 heterocycles. The maximum Gasteiger partial charge on any atom is 0.0110 e. The van der Waals surface area contributed by atoms with E-state index in [1.165, 1.54) is 12.8 Å². The van der Waals surface area contributed by atoms with Gasteiger partial charge in [0, 0.05) is 131 Å². The van der Waals surface area contributed by atoms with Crippen molar-refractivity contribution in [3.63, 3.8) is 0 Å². The van der Waals surface area contributed by atoms with Crippen LogP contribution in [0.1, 0.15) is 40.5 Å². The van der Waals surface area contributed by atoms with Crippen LogP contribution in [-0.2, 0) is 0 Å². The molecule has 242 valence electrons. The lowest BCUT2D eigenvalue weighted by Gasteiger charge is -2.30. The van der Waals surface area contributed by atoms with Crippen LogP contribution in [0.4, 0.5) is 0 Å². The minimum Gasteiger partial charge on any atom is -0.329 e. The molecule has 0 fully saturated rings. The first-order chi connectivity index (χ1) is 19.3. The van der Waals surface area contributed by atoms with Crippen LogP contribution in [0, 0.1) is 5.41 Å². The van der Waals surface area contributed by atoms with Crippen molar-refractivity contribution in [2.45, 2.75) is 40.5 Å². The Labute approximate surface area is 248 Å². The van der Waals surface area contributed by atoms with Crippen molar-refractivity contribution < 1.29 is 0 Å². The highest BCUT2D eigenvalue weighted by Gasteiger charge is 2.13. The quantitative estimate of drug-likeness (QED) is 0.0510. The summed E-state index contributed by atoms with van der Waals surface area (Å²) >= 11 is 0. The fraction of sp³-hybridized carbons (Fsp3) is 1.00. The Balaban J connectivity index is 4.88. The average Bonchev–Trinajstić information content (AvgIpc) is 2.90. The van der Waals surface area contributed by atoms with Crippen molar-refractivity contribution in [2.24, 2.45) is 28.3 Å². The third-order valence-electron chi connectivity index (χ3n) is 7.13. The second-order valence-corrected chi connectivity index (χ2v) is 12.1. The van der Waals surface area contributed by atoms with E-state index in [-0.39, 0.29) is 0 Å². The molecule has 0 aromatic heterocycles. The molecular formula is C29H71N11. The molecule has 11 nitrogen and oxygen atoms in total. The number of hydrogen-bond donors (Lipinski definition) is 7. The van der Waals surface area contributed by atoms with E-state index in [9.17, 15) is 0 Å². The summed E-state index contributed by atoms with van der Waals surface area (Å²) in [6.45, 7) is 30.0. The van der Waals surface area contributed by atoms with E-state index < -0.39 is 0 Å². The van der Waals surface area contributed by atoms with Gasteiger partial charge >= 0.3 is 0 Å². The Morgan fingerprint density at radius 1 is 0.425 bits per heavy atom. The molecule has 0 aliphatic heterocycles. The number of nitrogens with one attached hydrogen (secondary N) is 3. The molecule has 40 heavy (non-hydrogen) atoms. The van der Waals surface area contributed by atoms with Gasteiger partial charge in [-0.1, -0.05) is 27.7 Å². The van der Waals surface area contributed by atoms with Gasteiger partial charge in [0.1, 0.15) is 0 Å². The Bertz CT molecular complexity index is 507. The predicted molar refractivity (Wildman–Crippen MR) is 175 cm³/mol. The lowest BCUT2D eigenvalue weighted by Crippen LogP contribution is -2.46. The molecule has 0 aliphatic carbocycles. The number of hydrogen-bond acceptors (Lipinski definition) is 11. The van der Waals surface area contributed by atoms with Crippen molar-refractivity contribution in [3.8, 4) is 0 Å². The van der Waals surface area contributed by atoms with Crippen molar-refractivity contribution in [3.05, 3.63) is 0 Å². The molecule has 0 atom stereocenters. The summed E-state index contributed by atoms with van der Waals surface area (Å²) in [6, 6.07) is 0. The molecule has 0 amide bonds. The Morgan fingerprint density at radius 2 is 0.775 bits per heavy atom. The van der Waals surface area contributed by atoms with E-state index in [4.69, 9.17) is 22.9 Å². The summed E-state index contributed by atoms with van der Waals surface area (Å²) in [5.41, 5.74) is 23.5. The van der Waals surface area contributed by atoms with Crippen LogP contribution in [0.25, 0.3) is 0 Å². The molecule has 0 aliphatic rings. The number of rotatable bonds is 30. The SMILES string of the molecule is CCCN(CCN)CCNCCN(CCNCCN)CCN(CCNCCC(C)(C)C)CCN(CCN)CCN. The van der Waals surface area contributed by atoms with E-state index in [1.54, 1.807) is 0 Å². The monoisotopic (exact) mass is 574 g/mol. The molecule has 0 spiro atoms. The minimum absolute atomic E-state index is 0.364. The lowest BCUT2D eigenvalue weighted by molar-refractivity contribution is 0.177. The van der Waals surface area contributed by atoms with Gasteiger partial charge < -0.3 is 43.8 Å². The lowest BCUT2D eigenvalue weighted by atomic mass is 9.92. The molecule has 0 aromatic rings. The van der Waals surface area contributed by atoms with E-state index in [1.807, 2.05) is 0 Å². The van der Waals surface area contributed by atoms with Crippen LogP contribution in [0.15, 0.2) is 0 Å². The second-order valence-electron chi connectivity index (χ2n) is 12.1. The van der Waals surface area contributed by atoms with Crippen LogP contribution in [0.2, 0.25) is 0 Å². The van der Waals surface area contributed by atoms with Crippen LogP contribution in [0.5, 0.6) is 0 Å². The Kier molecular flexibility index (Phi) is 27.1. The third-order valence-corrected chi connectivity index (χ3v) is 7.13. The Hall–Kier alpha value is -0.440. The average molecular weight is 574 g/mol. The van der Waals surface area contributed by atoms with Gasteiger partial charge in [0.25, 0.3) is 0 Å².